The zero-order valence-electron chi connectivity index (χ0n) is 11.6. The predicted octanol–water partition coefficient (Wildman–Crippen LogP) is 2.91. The van der Waals surface area contributed by atoms with Crippen molar-refractivity contribution in [3.8, 4) is 0 Å². The number of nitrogens with one attached hydrogen (secondary N) is 2. The van der Waals surface area contributed by atoms with E-state index in [0.29, 0.717) is 13.1 Å². The van der Waals surface area contributed by atoms with Crippen molar-refractivity contribution in [1.82, 2.24) is 15.5 Å². The average Bonchev–Trinajstić information content (AvgIpc) is 3.09. The number of likely N-dealkylation sites (N-methyl/N-ethyl adjacent to an activating group) is 1. The van der Waals surface area contributed by atoms with Gasteiger partial charge in [-0.2, -0.15) is 11.3 Å². The van der Waals surface area contributed by atoms with Crippen LogP contribution in [0.3, 0.4) is 0 Å². The van der Waals surface area contributed by atoms with E-state index in [1.54, 1.807) is 22.7 Å². The normalized spacial score (nSPS) is 12.3. The van der Waals surface area contributed by atoms with E-state index in [9.17, 15) is 4.79 Å². The lowest BCUT2D eigenvalue weighted by atomic mass is 10.1. The number of amides is 2. The molecule has 0 aliphatic rings. The number of hydrogen-bond acceptors (Lipinski definition) is 4. The molecule has 6 heteroatoms. The third kappa shape index (κ3) is 4.33. The van der Waals surface area contributed by atoms with Crippen LogP contribution in [0.4, 0.5) is 4.79 Å². The summed E-state index contributed by atoms with van der Waals surface area (Å²) in [6.07, 6.45) is 0. The van der Waals surface area contributed by atoms with Crippen molar-refractivity contribution in [3.05, 3.63) is 44.8 Å². The zero-order valence-corrected chi connectivity index (χ0v) is 13.3. The molecule has 4 nitrogen and oxygen atoms in total. The quantitative estimate of drug-likeness (QED) is 0.862. The Hall–Kier alpha value is -1.37. The molecule has 0 aliphatic carbocycles. The Kier molecular flexibility index (Phi) is 5.58. The van der Waals surface area contributed by atoms with Crippen molar-refractivity contribution >= 4 is 28.7 Å². The molecule has 0 aliphatic heterocycles. The number of nitrogens with zero attached hydrogens (tertiary/aromatic N) is 1. The molecule has 1 atom stereocenters. The number of carbonyl (C=O) groups excluding carboxylic acids is 1. The molecule has 0 saturated heterocycles. The van der Waals surface area contributed by atoms with Gasteiger partial charge in [0.15, 0.2) is 0 Å². The van der Waals surface area contributed by atoms with Gasteiger partial charge in [-0.25, -0.2) is 4.79 Å². The second-order valence-electron chi connectivity index (χ2n) is 4.68. The summed E-state index contributed by atoms with van der Waals surface area (Å²) in [5, 5.41) is 12.0. The second-order valence-corrected chi connectivity index (χ2v) is 6.49. The smallest absolute Gasteiger partial charge is 0.315 e. The number of urea groups is 1. The molecule has 0 radical (unpaired) electrons. The van der Waals surface area contributed by atoms with Gasteiger partial charge in [0.05, 0.1) is 12.6 Å². The molecule has 0 saturated carbocycles. The van der Waals surface area contributed by atoms with Crippen LogP contribution in [0.25, 0.3) is 0 Å². The van der Waals surface area contributed by atoms with Crippen molar-refractivity contribution in [2.45, 2.75) is 12.6 Å². The largest absolute Gasteiger partial charge is 0.336 e. The Labute approximate surface area is 127 Å². The summed E-state index contributed by atoms with van der Waals surface area (Å²) in [7, 11) is 4.04. The fraction of sp³-hybridized carbons (Fsp3) is 0.357. The van der Waals surface area contributed by atoms with Gasteiger partial charge in [0.2, 0.25) is 0 Å². The Morgan fingerprint density at radius 1 is 1.30 bits per heavy atom. The van der Waals surface area contributed by atoms with Crippen LogP contribution < -0.4 is 10.6 Å². The highest BCUT2D eigenvalue weighted by Crippen LogP contribution is 2.19. The first-order valence-corrected chi connectivity index (χ1v) is 8.21. The molecular formula is C14H19N3OS2. The maximum Gasteiger partial charge on any atom is 0.315 e. The van der Waals surface area contributed by atoms with E-state index in [4.69, 9.17) is 0 Å². The lowest BCUT2D eigenvalue weighted by Crippen LogP contribution is -2.40. The number of thiophene rings is 2. The summed E-state index contributed by atoms with van der Waals surface area (Å²) in [6.45, 7) is 1.18. The Bertz CT molecular complexity index is 509. The van der Waals surface area contributed by atoms with Crippen LogP contribution in [0.2, 0.25) is 0 Å². The lowest BCUT2D eigenvalue weighted by Gasteiger charge is -2.24. The second kappa shape index (κ2) is 7.42. The van der Waals surface area contributed by atoms with Gasteiger partial charge in [-0.3, -0.25) is 0 Å². The molecule has 2 amide bonds. The first-order valence-electron chi connectivity index (χ1n) is 6.39. The van der Waals surface area contributed by atoms with Gasteiger partial charge in [-0.15, -0.1) is 11.3 Å². The molecule has 108 valence electrons. The number of rotatable bonds is 6. The monoisotopic (exact) mass is 309 g/mol. The molecule has 20 heavy (non-hydrogen) atoms. The van der Waals surface area contributed by atoms with Gasteiger partial charge in [0.1, 0.15) is 0 Å². The van der Waals surface area contributed by atoms with Crippen LogP contribution in [0.1, 0.15) is 16.5 Å². The SMILES string of the molecule is CN(C)C(CNC(=O)NCc1cccs1)c1ccsc1. The Morgan fingerprint density at radius 3 is 2.75 bits per heavy atom. The molecule has 0 spiro atoms. The minimum absolute atomic E-state index is 0.125. The first-order chi connectivity index (χ1) is 9.66. The first kappa shape index (κ1) is 15.0. The standard InChI is InChI=1S/C14H19N3OS2/c1-17(2)13(11-5-7-19-10-11)9-16-14(18)15-8-12-4-3-6-20-12/h3-7,10,13H,8-9H2,1-2H3,(H2,15,16,18). The lowest BCUT2D eigenvalue weighted by molar-refractivity contribution is 0.232. The van der Waals surface area contributed by atoms with Crippen molar-refractivity contribution in [3.63, 3.8) is 0 Å². The van der Waals surface area contributed by atoms with Crippen molar-refractivity contribution in [2.24, 2.45) is 0 Å². The molecule has 0 bridgehead atoms. The minimum atomic E-state index is -0.125. The summed E-state index contributed by atoms with van der Waals surface area (Å²) in [4.78, 5) is 15.1. The van der Waals surface area contributed by atoms with Gasteiger partial charge < -0.3 is 15.5 Å². The summed E-state index contributed by atoms with van der Waals surface area (Å²) >= 11 is 3.32. The maximum absolute atomic E-state index is 11.8. The number of hydrogen-bond donors (Lipinski definition) is 2. The highest BCUT2D eigenvalue weighted by molar-refractivity contribution is 7.09. The van der Waals surface area contributed by atoms with E-state index in [0.717, 1.165) is 4.88 Å². The van der Waals surface area contributed by atoms with Gasteiger partial charge in [-0.05, 0) is 47.9 Å². The zero-order chi connectivity index (χ0) is 14.4. The summed E-state index contributed by atoms with van der Waals surface area (Å²) in [6, 6.07) is 6.17. The fourth-order valence-electron chi connectivity index (χ4n) is 1.90. The third-order valence-corrected chi connectivity index (χ3v) is 4.59. The molecule has 2 heterocycles. The number of carbonyl (C=O) groups is 1. The summed E-state index contributed by atoms with van der Waals surface area (Å²) in [5.74, 6) is 0. The van der Waals surface area contributed by atoms with Crippen LogP contribution in [0.15, 0.2) is 34.3 Å². The van der Waals surface area contributed by atoms with E-state index in [1.165, 1.54) is 5.56 Å². The summed E-state index contributed by atoms with van der Waals surface area (Å²) < 4.78 is 0. The van der Waals surface area contributed by atoms with Crippen LogP contribution in [-0.4, -0.2) is 31.6 Å². The Balaban J connectivity index is 1.79. The van der Waals surface area contributed by atoms with Gasteiger partial charge in [-0.1, -0.05) is 6.07 Å². The molecule has 2 aromatic heterocycles. The Morgan fingerprint density at radius 2 is 2.15 bits per heavy atom. The third-order valence-electron chi connectivity index (χ3n) is 3.01. The van der Waals surface area contributed by atoms with E-state index in [-0.39, 0.29) is 12.1 Å². The van der Waals surface area contributed by atoms with Crippen molar-refractivity contribution < 1.29 is 4.79 Å². The van der Waals surface area contributed by atoms with E-state index < -0.39 is 0 Å². The molecule has 2 N–H and O–H groups in total. The van der Waals surface area contributed by atoms with E-state index in [1.807, 2.05) is 31.6 Å². The predicted molar refractivity (Wildman–Crippen MR) is 85.3 cm³/mol. The van der Waals surface area contributed by atoms with Crippen LogP contribution in [0.5, 0.6) is 0 Å². The van der Waals surface area contributed by atoms with Gasteiger partial charge in [0, 0.05) is 11.4 Å². The van der Waals surface area contributed by atoms with Crippen LogP contribution >= 0.6 is 22.7 Å². The molecule has 0 fully saturated rings. The van der Waals surface area contributed by atoms with Crippen LogP contribution in [0, 0.1) is 0 Å². The van der Waals surface area contributed by atoms with E-state index >= 15 is 0 Å². The maximum atomic E-state index is 11.8. The van der Waals surface area contributed by atoms with Gasteiger partial charge in [0.25, 0.3) is 0 Å². The molecule has 0 aromatic carbocycles. The molecule has 2 aromatic rings. The van der Waals surface area contributed by atoms with Gasteiger partial charge >= 0.3 is 6.03 Å². The van der Waals surface area contributed by atoms with Crippen LogP contribution in [-0.2, 0) is 6.54 Å². The van der Waals surface area contributed by atoms with Crippen molar-refractivity contribution in [2.75, 3.05) is 20.6 Å². The average molecular weight is 309 g/mol. The fourth-order valence-corrected chi connectivity index (χ4v) is 3.25. The highest BCUT2D eigenvalue weighted by Gasteiger charge is 2.15. The molecule has 2 rings (SSSR count). The molecular weight excluding hydrogens is 290 g/mol. The van der Waals surface area contributed by atoms with Crippen molar-refractivity contribution in [1.29, 1.82) is 0 Å². The topological polar surface area (TPSA) is 44.4 Å². The summed E-state index contributed by atoms with van der Waals surface area (Å²) in [5.41, 5.74) is 1.23. The minimum Gasteiger partial charge on any atom is -0.336 e. The molecule has 1 unspecified atom stereocenters. The van der Waals surface area contributed by atoms with E-state index in [2.05, 4.69) is 32.4 Å². The highest BCUT2D eigenvalue weighted by atomic mass is 32.1.